The summed E-state index contributed by atoms with van der Waals surface area (Å²) in [5.74, 6) is -1.41. The van der Waals surface area contributed by atoms with Crippen molar-refractivity contribution in [1.82, 2.24) is 4.90 Å². The van der Waals surface area contributed by atoms with Crippen LogP contribution < -0.4 is 11.1 Å². The van der Waals surface area contributed by atoms with Crippen molar-refractivity contribution in [3.63, 3.8) is 0 Å². The summed E-state index contributed by atoms with van der Waals surface area (Å²) < 4.78 is 0. The average Bonchev–Trinajstić information content (AvgIpc) is 2.90. The summed E-state index contributed by atoms with van der Waals surface area (Å²) >= 11 is 0. The third kappa shape index (κ3) is 3.71. The summed E-state index contributed by atoms with van der Waals surface area (Å²) in [4.78, 5) is 35.4. The van der Waals surface area contributed by atoms with Crippen LogP contribution in [0.1, 0.15) is 18.4 Å². The fraction of sp³-hybridized carbons (Fsp3) is 0.357. The molecule has 1 heterocycles. The van der Waals surface area contributed by atoms with E-state index < -0.39 is 17.9 Å². The molecule has 2 rings (SSSR count). The van der Waals surface area contributed by atoms with Crippen molar-refractivity contribution in [2.45, 2.75) is 25.3 Å². The van der Waals surface area contributed by atoms with E-state index in [1.54, 1.807) is 24.3 Å². The maximum atomic E-state index is 12.1. The lowest BCUT2D eigenvalue weighted by Gasteiger charge is -2.22. The number of nitrogens with zero attached hydrogens (tertiary/aromatic N) is 1. The summed E-state index contributed by atoms with van der Waals surface area (Å²) in [7, 11) is 0. The maximum absolute atomic E-state index is 12.1. The van der Waals surface area contributed by atoms with Crippen molar-refractivity contribution >= 4 is 23.6 Å². The number of amides is 3. The Morgan fingerprint density at radius 1 is 1.29 bits per heavy atom. The Bertz CT molecular complexity index is 556. The zero-order chi connectivity index (χ0) is 15.4. The van der Waals surface area contributed by atoms with Gasteiger partial charge in [-0.25, -0.2) is 4.79 Å². The lowest BCUT2D eigenvalue weighted by Crippen LogP contribution is -2.45. The second-order valence-electron chi connectivity index (χ2n) is 4.95. The molecule has 3 amide bonds. The standard InChI is InChI=1S/C14H17N3O4/c15-13(20)11-2-1-7-17(11)14(21)16-10-5-3-9(4-6-10)8-12(18)19/h3-6,11H,1-2,7-8H2,(H2,15,20)(H,16,21)(H,18,19). The van der Waals surface area contributed by atoms with Crippen molar-refractivity contribution in [3.05, 3.63) is 29.8 Å². The van der Waals surface area contributed by atoms with E-state index in [4.69, 9.17) is 10.8 Å². The normalized spacial score (nSPS) is 17.5. The highest BCUT2D eigenvalue weighted by atomic mass is 16.4. The van der Waals surface area contributed by atoms with Crippen molar-refractivity contribution in [2.75, 3.05) is 11.9 Å². The first-order valence-electron chi connectivity index (χ1n) is 6.65. The first kappa shape index (κ1) is 14.8. The number of anilines is 1. The highest BCUT2D eigenvalue weighted by Gasteiger charge is 2.32. The number of hydrogen-bond donors (Lipinski definition) is 3. The smallest absolute Gasteiger partial charge is 0.322 e. The van der Waals surface area contributed by atoms with Crippen LogP contribution in [-0.4, -0.2) is 40.5 Å². The molecule has 1 unspecified atom stereocenters. The van der Waals surface area contributed by atoms with Crippen molar-refractivity contribution < 1.29 is 19.5 Å². The third-order valence-electron chi connectivity index (χ3n) is 3.40. The van der Waals surface area contributed by atoms with Gasteiger partial charge in [0.2, 0.25) is 5.91 Å². The van der Waals surface area contributed by atoms with Crippen LogP contribution in [0.2, 0.25) is 0 Å². The van der Waals surface area contributed by atoms with Crippen molar-refractivity contribution in [3.8, 4) is 0 Å². The lowest BCUT2D eigenvalue weighted by molar-refractivity contribution is -0.136. The molecule has 1 atom stereocenters. The van der Waals surface area contributed by atoms with Gasteiger partial charge in [0.1, 0.15) is 6.04 Å². The molecule has 7 heteroatoms. The van der Waals surface area contributed by atoms with Crippen LogP contribution in [0.5, 0.6) is 0 Å². The zero-order valence-electron chi connectivity index (χ0n) is 11.4. The van der Waals surface area contributed by atoms with Gasteiger partial charge in [0, 0.05) is 12.2 Å². The quantitative estimate of drug-likeness (QED) is 0.761. The van der Waals surface area contributed by atoms with Crippen LogP contribution in [0.3, 0.4) is 0 Å². The van der Waals surface area contributed by atoms with E-state index in [1.165, 1.54) is 4.90 Å². The number of hydrogen-bond acceptors (Lipinski definition) is 3. The molecule has 1 aromatic carbocycles. The number of urea groups is 1. The second-order valence-corrected chi connectivity index (χ2v) is 4.95. The van der Waals surface area contributed by atoms with Gasteiger partial charge in [-0.05, 0) is 30.5 Å². The van der Waals surface area contributed by atoms with Gasteiger partial charge in [-0.2, -0.15) is 0 Å². The summed E-state index contributed by atoms with van der Waals surface area (Å²) in [5.41, 5.74) is 6.46. The lowest BCUT2D eigenvalue weighted by atomic mass is 10.1. The van der Waals surface area contributed by atoms with Crippen LogP contribution in [-0.2, 0) is 16.0 Å². The molecular weight excluding hydrogens is 274 g/mol. The number of likely N-dealkylation sites (tertiary alicyclic amines) is 1. The Morgan fingerprint density at radius 3 is 2.52 bits per heavy atom. The average molecular weight is 291 g/mol. The number of primary amides is 1. The predicted octanol–water partition coefficient (Wildman–Crippen LogP) is 0.795. The minimum absolute atomic E-state index is 0.0654. The van der Waals surface area contributed by atoms with Gasteiger partial charge in [0.15, 0.2) is 0 Å². The molecule has 0 saturated carbocycles. The molecule has 0 aliphatic carbocycles. The first-order chi connectivity index (χ1) is 9.97. The summed E-state index contributed by atoms with van der Waals surface area (Å²) in [5, 5.41) is 11.4. The highest BCUT2D eigenvalue weighted by molar-refractivity contribution is 5.93. The minimum atomic E-state index is -0.909. The molecule has 1 aliphatic rings. The molecular formula is C14H17N3O4. The van der Waals surface area contributed by atoms with E-state index in [9.17, 15) is 14.4 Å². The molecule has 1 saturated heterocycles. The van der Waals surface area contributed by atoms with Gasteiger partial charge in [0.25, 0.3) is 0 Å². The number of carboxylic acids is 1. The Morgan fingerprint density at radius 2 is 1.95 bits per heavy atom. The Kier molecular flexibility index (Phi) is 4.42. The van der Waals surface area contributed by atoms with Gasteiger partial charge in [-0.3, -0.25) is 9.59 Å². The van der Waals surface area contributed by atoms with Gasteiger partial charge >= 0.3 is 12.0 Å². The molecule has 0 spiro atoms. The summed E-state index contributed by atoms with van der Waals surface area (Å²) in [6, 6.07) is 5.61. The summed E-state index contributed by atoms with van der Waals surface area (Å²) in [6.07, 6.45) is 1.27. The molecule has 21 heavy (non-hydrogen) atoms. The van der Waals surface area contributed by atoms with Gasteiger partial charge in [-0.15, -0.1) is 0 Å². The van der Waals surface area contributed by atoms with E-state index in [2.05, 4.69) is 5.32 Å². The van der Waals surface area contributed by atoms with E-state index in [1.807, 2.05) is 0 Å². The molecule has 1 aromatic rings. The monoisotopic (exact) mass is 291 g/mol. The Balaban J connectivity index is 1.99. The molecule has 0 aromatic heterocycles. The number of carboxylic acid groups (broad SMARTS) is 1. The molecule has 1 fully saturated rings. The number of nitrogens with one attached hydrogen (secondary N) is 1. The third-order valence-corrected chi connectivity index (χ3v) is 3.40. The van der Waals surface area contributed by atoms with Gasteiger partial charge < -0.3 is 21.1 Å². The number of carbonyl (C=O) groups is 3. The maximum Gasteiger partial charge on any atom is 0.322 e. The predicted molar refractivity (Wildman–Crippen MR) is 75.7 cm³/mol. The molecule has 4 N–H and O–H groups in total. The fourth-order valence-electron chi connectivity index (χ4n) is 2.38. The Hall–Kier alpha value is -2.57. The van der Waals surface area contributed by atoms with Crippen molar-refractivity contribution in [2.24, 2.45) is 5.73 Å². The molecule has 0 radical (unpaired) electrons. The molecule has 0 bridgehead atoms. The van der Waals surface area contributed by atoms with E-state index >= 15 is 0 Å². The van der Waals surface area contributed by atoms with E-state index in [-0.39, 0.29) is 12.5 Å². The van der Waals surface area contributed by atoms with Crippen LogP contribution >= 0.6 is 0 Å². The van der Waals surface area contributed by atoms with E-state index in [0.29, 0.717) is 24.2 Å². The number of nitrogens with two attached hydrogens (primary N) is 1. The Labute approximate surface area is 121 Å². The number of carbonyl (C=O) groups excluding carboxylic acids is 2. The SMILES string of the molecule is NC(=O)C1CCCN1C(=O)Nc1ccc(CC(=O)O)cc1. The topological polar surface area (TPSA) is 113 Å². The van der Waals surface area contributed by atoms with Crippen LogP contribution in [0.4, 0.5) is 10.5 Å². The molecule has 1 aliphatic heterocycles. The molecule has 7 nitrogen and oxygen atoms in total. The largest absolute Gasteiger partial charge is 0.481 e. The second kappa shape index (κ2) is 6.25. The van der Waals surface area contributed by atoms with Crippen LogP contribution in [0, 0.1) is 0 Å². The number of rotatable bonds is 4. The van der Waals surface area contributed by atoms with Gasteiger partial charge in [-0.1, -0.05) is 12.1 Å². The minimum Gasteiger partial charge on any atom is -0.481 e. The number of benzene rings is 1. The van der Waals surface area contributed by atoms with Crippen molar-refractivity contribution in [1.29, 1.82) is 0 Å². The molecule has 112 valence electrons. The van der Waals surface area contributed by atoms with Gasteiger partial charge in [0.05, 0.1) is 6.42 Å². The van der Waals surface area contributed by atoms with E-state index in [0.717, 1.165) is 6.42 Å². The first-order valence-corrected chi connectivity index (χ1v) is 6.65. The van der Waals surface area contributed by atoms with Crippen LogP contribution in [0.25, 0.3) is 0 Å². The zero-order valence-corrected chi connectivity index (χ0v) is 11.4. The summed E-state index contributed by atoms with van der Waals surface area (Å²) in [6.45, 7) is 0.497. The van der Waals surface area contributed by atoms with Crippen LogP contribution in [0.15, 0.2) is 24.3 Å². The highest BCUT2D eigenvalue weighted by Crippen LogP contribution is 2.19. The number of aliphatic carboxylic acids is 1. The fourth-order valence-corrected chi connectivity index (χ4v) is 2.38.